The molecule has 5 nitrogen and oxygen atoms in total. The first-order valence-corrected chi connectivity index (χ1v) is 7.12. The van der Waals surface area contributed by atoms with Crippen molar-refractivity contribution in [1.29, 1.82) is 0 Å². The van der Waals surface area contributed by atoms with Crippen LogP contribution in [0.25, 0.3) is 0 Å². The molecule has 0 saturated carbocycles. The van der Waals surface area contributed by atoms with E-state index in [1.165, 1.54) is 13.8 Å². The second-order valence-corrected chi connectivity index (χ2v) is 5.78. The smallest absolute Gasteiger partial charge is 0.395 e. The van der Waals surface area contributed by atoms with E-state index in [1.807, 2.05) is 0 Å². The molecule has 0 aromatic carbocycles. The molecule has 0 amide bonds. The van der Waals surface area contributed by atoms with Crippen molar-refractivity contribution < 1.29 is 21.6 Å². The largest absolute Gasteiger partial charge is 0.418 e. The average molecular weight is 297 g/mol. The Bertz CT molecular complexity index is 570. The fraction of sp³-hybridized carbons (Fsp3) is 0.500. The number of nitrogens with one attached hydrogen (secondary N) is 1. The van der Waals surface area contributed by atoms with Gasteiger partial charge in [-0.3, -0.25) is 4.72 Å². The number of nitrogen functional groups attached to an aromatic ring is 1. The predicted molar refractivity (Wildman–Crippen MR) is 66.1 cm³/mol. The standard InChI is InChI=1S/C10H14F3N3O2S/c1-3-6-7(10(11,12)13)5-15-9(8(6)14)16-19(17,18)4-2/h5H,3-4,14H2,1-2H3,(H,15,16). The Labute approximate surface area is 109 Å². The Kier molecular flexibility index (Phi) is 4.28. The van der Waals surface area contributed by atoms with Crippen LogP contribution in [0.3, 0.4) is 0 Å². The zero-order chi connectivity index (χ0) is 14.8. The van der Waals surface area contributed by atoms with Gasteiger partial charge in [0.15, 0.2) is 5.82 Å². The van der Waals surface area contributed by atoms with Crippen LogP contribution in [0.4, 0.5) is 24.7 Å². The van der Waals surface area contributed by atoms with E-state index in [-0.39, 0.29) is 29.2 Å². The van der Waals surface area contributed by atoms with E-state index in [9.17, 15) is 21.6 Å². The van der Waals surface area contributed by atoms with Crippen molar-refractivity contribution >= 4 is 21.5 Å². The zero-order valence-electron chi connectivity index (χ0n) is 10.4. The molecule has 1 aromatic heterocycles. The zero-order valence-corrected chi connectivity index (χ0v) is 11.2. The normalized spacial score (nSPS) is 12.5. The molecule has 3 N–H and O–H groups in total. The number of anilines is 2. The van der Waals surface area contributed by atoms with E-state index in [2.05, 4.69) is 9.71 Å². The summed E-state index contributed by atoms with van der Waals surface area (Å²) in [7, 11) is -3.64. The molecule has 0 aliphatic heterocycles. The van der Waals surface area contributed by atoms with E-state index in [0.717, 1.165) is 0 Å². The molecule has 1 rings (SSSR count). The molecule has 108 valence electrons. The highest BCUT2D eigenvalue weighted by Gasteiger charge is 2.35. The molecule has 0 saturated heterocycles. The van der Waals surface area contributed by atoms with Gasteiger partial charge >= 0.3 is 6.18 Å². The molecule has 1 aromatic rings. The number of aromatic nitrogens is 1. The summed E-state index contributed by atoms with van der Waals surface area (Å²) in [5.41, 5.74) is 4.14. The number of rotatable bonds is 4. The highest BCUT2D eigenvalue weighted by Crippen LogP contribution is 2.36. The van der Waals surface area contributed by atoms with Gasteiger partial charge in [-0.15, -0.1) is 0 Å². The molecule has 0 aliphatic carbocycles. The van der Waals surface area contributed by atoms with Crippen LogP contribution in [0.1, 0.15) is 25.0 Å². The summed E-state index contributed by atoms with van der Waals surface area (Å²) in [5, 5.41) is 0. The highest BCUT2D eigenvalue weighted by molar-refractivity contribution is 7.92. The number of nitrogens with two attached hydrogens (primary N) is 1. The number of alkyl halides is 3. The molecule has 9 heteroatoms. The lowest BCUT2D eigenvalue weighted by atomic mass is 10.1. The van der Waals surface area contributed by atoms with Crippen LogP contribution in [-0.4, -0.2) is 19.2 Å². The molecular weight excluding hydrogens is 283 g/mol. The lowest BCUT2D eigenvalue weighted by Gasteiger charge is -2.16. The minimum absolute atomic E-state index is 0.0179. The Hall–Kier alpha value is -1.51. The third-order valence-corrected chi connectivity index (χ3v) is 3.78. The maximum atomic E-state index is 12.7. The first kappa shape index (κ1) is 15.5. The average Bonchev–Trinajstić information content (AvgIpc) is 2.30. The van der Waals surface area contributed by atoms with Crippen LogP contribution < -0.4 is 10.5 Å². The monoisotopic (exact) mass is 297 g/mol. The van der Waals surface area contributed by atoms with Gasteiger partial charge in [0.2, 0.25) is 10.0 Å². The Morgan fingerprint density at radius 1 is 1.37 bits per heavy atom. The van der Waals surface area contributed by atoms with Crippen molar-refractivity contribution in [3.05, 3.63) is 17.3 Å². The maximum Gasteiger partial charge on any atom is 0.418 e. The quantitative estimate of drug-likeness (QED) is 0.890. The Balaban J connectivity index is 3.34. The summed E-state index contributed by atoms with van der Waals surface area (Å²) in [5.74, 6) is -0.497. The number of pyridine rings is 1. The van der Waals surface area contributed by atoms with E-state index in [1.54, 1.807) is 0 Å². The van der Waals surface area contributed by atoms with E-state index in [0.29, 0.717) is 6.20 Å². The SMILES string of the molecule is CCc1c(C(F)(F)F)cnc(NS(=O)(=O)CC)c1N. The minimum Gasteiger partial charge on any atom is -0.395 e. The number of halogens is 3. The lowest BCUT2D eigenvalue weighted by molar-refractivity contribution is -0.138. The van der Waals surface area contributed by atoms with Crippen LogP contribution in [0.2, 0.25) is 0 Å². The van der Waals surface area contributed by atoms with Gasteiger partial charge in [0.1, 0.15) is 0 Å². The molecular formula is C10H14F3N3O2S. The third kappa shape index (κ3) is 3.49. The molecule has 0 fully saturated rings. The summed E-state index contributed by atoms with van der Waals surface area (Å²) < 4.78 is 63.0. The summed E-state index contributed by atoms with van der Waals surface area (Å²) in [6.07, 6.45) is -3.97. The molecule has 0 atom stereocenters. The second kappa shape index (κ2) is 5.24. The van der Waals surface area contributed by atoms with E-state index >= 15 is 0 Å². The topological polar surface area (TPSA) is 85.1 Å². The van der Waals surface area contributed by atoms with Gasteiger partial charge in [-0.25, -0.2) is 13.4 Å². The number of hydrogen-bond donors (Lipinski definition) is 2. The molecule has 0 aliphatic rings. The van der Waals surface area contributed by atoms with Crippen LogP contribution in [-0.2, 0) is 22.6 Å². The first-order valence-electron chi connectivity index (χ1n) is 5.47. The maximum absolute atomic E-state index is 12.7. The molecule has 0 bridgehead atoms. The van der Waals surface area contributed by atoms with Crippen molar-refractivity contribution in [2.24, 2.45) is 0 Å². The van der Waals surface area contributed by atoms with Gasteiger partial charge in [-0.1, -0.05) is 6.92 Å². The van der Waals surface area contributed by atoms with Gasteiger partial charge in [-0.05, 0) is 18.9 Å². The Morgan fingerprint density at radius 2 is 1.95 bits per heavy atom. The van der Waals surface area contributed by atoms with Crippen molar-refractivity contribution in [2.75, 3.05) is 16.2 Å². The summed E-state index contributed by atoms with van der Waals surface area (Å²) in [6.45, 7) is 2.89. The van der Waals surface area contributed by atoms with Gasteiger partial charge in [0, 0.05) is 6.20 Å². The van der Waals surface area contributed by atoms with Gasteiger partial charge in [0.25, 0.3) is 0 Å². The Morgan fingerprint density at radius 3 is 2.37 bits per heavy atom. The third-order valence-electron chi connectivity index (χ3n) is 2.52. The summed E-state index contributed by atoms with van der Waals surface area (Å²) in [6, 6.07) is 0. The van der Waals surface area contributed by atoms with Crippen LogP contribution in [0.5, 0.6) is 0 Å². The molecule has 0 unspecified atom stereocenters. The molecule has 19 heavy (non-hydrogen) atoms. The lowest BCUT2D eigenvalue weighted by Crippen LogP contribution is -2.19. The fourth-order valence-corrected chi connectivity index (χ4v) is 2.09. The van der Waals surface area contributed by atoms with Gasteiger partial charge < -0.3 is 5.73 Å². The minimum atomic E-state index is -4.57. The van der Waals surface area contributed by atoms with E-state index < -0.39 is 21.8 Å². The van der Waals surface area contributed by atoms with Crippen molar-refractivity contribution in [3.63, 3.8) is 0 Å². The van der Waals surface area contributed by atoms with Crippen LogP contribution in [0.15, 0.2) is 6.20 Å². The first-order chi connectivity index (χ1) is 8.62. The predicted octanol–water partition coefficient (Wildman–Crippen LogP) is 2.01. The fourth-order valence-electron chi connectivity index (χ4n) is 1.49. The highest BCUT2D eigenvalue weighted by atomic mass is 32.2. The van der Waals surface area contributed by atoms with Gasteiger partial charge in [-0.2, -0.15) is 13.2 Å². The molecule has 1 heterocycles. The summed E-state index contributed by atoms with van der Waals surface area (Å²) in [4.78, 5) is 3.45. The van der Waals surface area contributed by atoms with Gasteiger partial charge in [0.05, 0.1) is 17.0 Å². The van der Waals surface area contributed by atoms with E-state index in [4.69, 9.17) is 5.73 Å². The molecule has 0 spiro atoms. The van der Waals surface area contributed by atoms with Crippen LogP contribution in [0, 0.1) is 0 Å². The number of hydrogen-bond acceptors (Lipinski definition) is 4. The van der Waals surface area contributed by atoms with Crippen molar-refractivity contribution in [3.8, 4) is 0 Å². The second-order valence-electron chi connectivity index (χ2n) is 3.77. The van der Waals surface area contributed by atoms with Crippen LogP contribution >= 0.6 is 0 Å². The number of sulfonamides is 1. The summed E-state index contributed by atoms with van der Waals surface area (Å²) >= 11 is 0. The molecule has 0 radical (unpaired) electrons. The van der Waals surface area contributed by atoms with Crippen molar-refractivity contribution in [1.82, 2.24) is 4.98 Å². The van der Waals surface area contributed by atoms with Crippen molar-refractivity contribution in [2.45, 2.75) is 26.4 Å². The number of nitrogens with zero attached hydrogens (tertiary/aromatic N) is 1.